The third-order valence-corrected chi connectivity index (χ3v) is 14.2. The van der Waals surface area contributed by atoms with Gasteiger partial charge in [-0.2, -0.15) is 0 Å². The first-order chi connectivity index (χ1) is 33.8. The van der Waals surface area contributed by atoms with Gasteiger partial charge in [0, 0.05) is 6.42 Å². The summed E-state index contributed by atoms with van der Waals surface area (Å²) in [6.45, 7) is 3.78. The Morgan fingerprint density at radius 3 is 1.25 bits per heavy atom. The topological polar surface area (TPSA) is 149 Å². The van der Waals surface area contributed by atoms with E-state index in [1.165, 1.54) is 218 Å². The molecule has 9 heteroatoms. The number of aliphatic hydroxyl groups is 5. The fourth-order valence-electron chi connectivity index (χ4n) is 9.48. The highest BCUT2D eigenvalue weighted by atomic mass is 16.7. The zero-order chi connectivity index (χ0) is 50.1. The van der Waals surface area contributed by atoms with Gasteiger partial charge in [0.05, 0.1) is 25.4 Å². The molecule has 0 aliphatic carbocycles. The van der Waals surface area contributed by atoms with E-state index >= 15 is 0 Å². The SMILES string of the molecule is CCCCCCC/C=C\C/C=C\CCCCCCCCCCCCCCCCCCCCCCCC(=O)NC(COC1OC(CO)C(O)C(O)C1O)C(O)/C=C/CCCCCCCCCCCCC. The molecule has 1 aliphatic rings. The molecule has 0 aromatic heterocycles. The molecule has 7 unspecified atom stereocenters. The van der Waals surface area contributed by atoms with Crippen molar-refractivity contribution in [2.75, 3.05) is 13.2 Å². The Bertz CT molecular complexity index is 1180. The Hall–Kier alpha value is -1.59. The summed E-state index contributed by atoms with van der Waals surface area (Å²) in [5.41, 5.74) is 0. The van der Waals surface area contributed by atoms with Gasteiger partial charge < -0.3 is 40.3 Å². The summed E-state index contributed by atoms with van der Waals surface area (Å²) in [4.78, 5) is 13.0. The van der Waals surface area contributed by atoms with E-state index < -0.39 is 49.5 Å². The van der Waals surface area contributed by atoms with Gasteiger partial charge in [0.25, 0.3) is 0 Å². The Morgan fingerprint density at radius 1 is 0.493 bits per heavy atom. The third kappa shape index (κ3) is 39.6. The third-order valence-electron chi connectivity index (χ3n) is 14.2. The van der Waals surface area contributed by atoms with Crippen LogP contribution in [0.5, 0.6) is 0 Å². The molecule has 0 radical (unpaired) electrons. The van der Waals surface area contributed by atoms with Crippen LogP contribution in [0, 0.1) is 0 Å². The number of aliphatic hydroxyl groups excluding tert-OH is 5. The highest BCUT2D eigenvalue weighted by Gasteiger charge is 2.44. The maximum absolute atomic E-state index is 13.0. The molecule has 0 aromatic rings. The van der Waals surface area contributed by atoms with Crippen molar-refractivity contribution < 1.29 is 39.8 Å². The van der Waals surface area contributed by atoms with Crippen molar-refractivity contribution in [1.29, 1.82) is 0 Å². The Labute approximate surface area is 425 Å². The van der Waals surface area contributed by atoms with E-state index in [2.05, 4.69) is 43.5 Å². The number of allylic oxidation sites excluding steroid dienone is 5. The maximum atomic E-state index is 13.0. The van der Waals surface area contributed by atoms with E-state index in [9.17, 15) is 30.3 Å². The summed E-state index contributed by atoms with van der Waals surface area (Å²) in [7, 11) is 0. The minimum absolute atomic E-state index is 0.173. The van der Waals surface area contributed by atoms with Crippen LogP contribution in [0.4, 0.5) is 0 Å². The molecule has 0 aromatic carbocycles. The monoisotopic (exact) mass is 976 g/mol. The summed E-state index contributed by atoms with van der Waals surface area (Å²) in [5.74, 6) is -0.173. The summed E-state index contributed by atoms with van der Waals surface area (Å²) < 4.78 is 11.3. The molecule has 1 saturated heterocycles. The van der Waals surface area contributed by atoms with Crippen LogP contribution in [-0.2, 0) is 14.3 Å². The summed E-state index contributed by atoms with van der Waals surface area (Å²) in [5, 5.41) is 54.4. The number of rotatable bonds is 51. The number of unbranched alkanes of at least 4 members (excludes halogenated alkanes) is 37. The van der Waals surface area contributed by atoms with E-state index in [4.69, 9.17) is 9.47 Å². The first-order valence-electron chi connectivity index (χ1n) is 29.7. The predicted molar refractivity (Wildman–Crippen MR) is 290 cm³/mol. The number of amides is 1. The van der Waals surface area contributed by atoms with Crippen LogP contribution in [0.1, 0.15) is 284 Å². The number of carbonyl (C=O) groups is 1. The number of hydrogen-bond acceptors (Lipinski definition) is 8. The molecule has 1 fully saturated rings. The molecule has 9 nitrogen and oxygen atoms in total. The lowest BCUT2D eigenvalue weighted by atomic mass is 9.99. The molecular weight excluding hydrogens is 863 g/mol. The first kappa shape index (κ1) is 65.4. The predicted octanol–water partition coefficient (Wildman–Crippen LogP) is 14.7. The second-order valence-corrected chi connectivity index (χ2v) is 20.8. The number of hydrogen-bond donors (Lipinski definition) is 6. The minimum Gasteiger partial charge on any atom is -0.394 e. The van der Waals surface area contributed by atoms with Crippen molar-refractivity contribution in [2.24, 2.45) is 0 Å². The van der Waals surface area contributed by atoms with Gasteiger partial charge in [-0.25, -0.2) is 0 Å². The van der Waals surface area contributed by atoms with Gasteiger partial charge in [0.1, 0.15) is 24.4 Å². The van der Waals surface area contributed by atoms with Crippen molar-refractivity contribution in [3.63, 3.8) is 0 Å². The zero-order valence-corrected chi connectivity index (χ0v) is 45.1. The van der Waals surface area contributed by atoms with Crippen molar-refractivity contribution in [2.45, 2.75) is 326 Å². The molecule has 1 aliphatic heterocycles. The van der Waals surface area contributed by atoms with Crippen LogP contribution in [0.25, 0.3) is 0 Å². The lowest BCUT2D eigenvalue weighted by molar-refractivity contribution is -0.302. The molecule has 0 spiro atoms. The van der Waals surface area contributed by atoms with E-state index in [1.807, 2.05) is 6.08 Å². The molecule has 406 valence electrons. The number of nitrogens with one attached hydrogen (secondary N) is 1. The molecule has 0 bridgehead atoms. The fraction of sp³-hybridized carbons (Fsp3) is 0.883. The van der Waals surface area contributed by atoms with E-state index in [-0.39, 0.29) is 12.5 Å². The summed E-state index contributed by atoms with van der Waals surface area (Å²) in [6.07, 6.45) is 58.0. The summed E-state index contributed by atoms with van der Waals surface area (Å²) in [6, 6.07) is -0.802. The van der Waals surface area contributed by atoms with Gasteiger partial charge in [-0.3, -0.25) is 4.79 Å². The van der Waals surface area contributed by atoms with Crippen molar-refractivity contribution >= 4 is 5.91 Å². The second kappa shape index (κ2) is 50.0. The molecule has 1 heterocycles. The standard InChI is InChI=1S/C60H113NO8/c1-3-5-7-9-11-13-15-17-18-19-20-21-22-23-24-25-26-27-28-29-30-31-32-33-34-35-36-38-40-42-44-46-48-50-56(64)61-53(52-68-60-59(67)58(66)57(65)55(51-62)69-60)54(63)49-47-45-43-41-39-37-16-14-12-10-8-6-4-2/h15,17,19-20,47,49,53-55,57-60,62-63,65-67H,3-14,16,18,21-46,48,50-52H2,1-2H3,(H,61,64)/b17-15-,20-19-,49-47+. The Kier molecular flexibility index (Phi) is 47.4. The normalized spacial score (nSPS) is 19.7. The maximum Gasteiger partial charge on any atom is 0.220 e. The molecule has 6 N–H and O–H groups in total. The second-order valence-electron chi connectivity index (χ2n) is 20.8. The van der Waals surface area contributed by atoms with Crippen LogP contribution in [0.15, 0.2) is 36.5 Å². The minimum atomic E-state index is -1.56. The highest BCUT2D eigenvalue weighted by Crippen LogP contribution is 2.23. The molecular formula is C60H113NO8. The number of ether oxygens (including phenoxy) is 2. The quantitative estimate of drug-likeness (QED) is 0.0261. The largest absolute Gasteiger partial charge is 0.394 e. The first-order valence-corrected chi connectivity index (χ1v) is 29.7. The highest BCUT2D eigenvalue weighted by molar-refractivity contribution is 5.76. The van der Waals surface area contributed by atoms with Crippen molar-refractivity contribution in [3.8, 4) is 0 Å². The summed E-state index contributed by atoms with van der Waals surface area (Å²) >= 11 is 0. The lowest BCUT2D eigenvalue weighted by Crippen LogP contribution is -2.60. The van der Waals surface area contributed by atoms with Gasteiger partial charge in [-0.05, 0) is 51.4 Å². The van der Waals surface area contributed by atoms with Crippen molar-refractivity contribution in [3.05, 3.63) is 36.5 Å². The van der Waals surface area contributed by atoms with Crippen LogP contribution in [-0.4, -0.2) is 87.5 Å². The van der Waals surface area contributed by atoms with Crippen LogP contribution in [0.3, 0.4) is 0 Å². The van der Waals surface area contributed by atoms with Gasteiger partial charge >= 0.3 is 0 Å². The molecule has 69 heavy (non-hydrogen) atoms. The van der Waals surface area contributed by atoms with E-state index in [0.29, 0.717) is 6.42 Å². The average molecular weight is 977 g/mol. The zero-order valence-electron chi connectivity index (χ0n) is 45.1. The molecule has 7 atom stereocenters. The number of carbonyl (C=O) groups excluding carboxylic acids is 1. The van der Waals surface area contributed by atoms with Gasteiger partial charge in [0.2, 0.25) is 5.91 Å². The van der Waals surface area contributed by atoms with Crippen LogP contribution in [0.2, 0.25) is 0 Å². The van der Waals surface area contributed by atoms with Crippen LogP contribution >= 0.6 is 0 Å². The van der Waals surface area contributed by atoms with Gasteiger partial charge in [-0.1, -0.05) is 262 Å². The lowest BCUT2D eigenvalue weighted by Gasteiger charge is -2.40. The smallest absolute Gasteiger partial charge is 0.220 e. The Balaban J connectivity index is 2.10. The average Bonchev–Trinajstić information content (AvgIpc) is 3.35. The van der Waals surface area contributed by atoms with E-state index in [0.717, 1.165) is 44.9 Å². The van der Waals surface area contributed by atoms with Crippen molar-refractivity contribution in [1.82, 2.24) is 5.32 Å². The van der Waals surface area contributed by atoms with Gasteiger partial charge in [-0.15, -0.1) is 0 Å². The fourth-order valence-corrected chi connectivity index (χ4v) is 9.48. The molecule has 0 saturated carbocycles. The van der Waals surface area contributed by atoms with Gasteiger partial charge in [0.15, 0.2) is 6.29 Å². The Morgan fingerprint density at radius 2 is 0.855 bits per heavy atom. The molecule has 1 rings (SSSR count). The van der Waals surface area contributed by atoms with E-state index in [1.54, 1.807) is 6.08 Å². The van der Waals surface area contributed by atoms with Crippen LogP contribution < -0.4 is 5.32 Å². The molecule has 1 amide bonds.